The molecule has 20 heavy (non-hydrogen) atoms. The Hall–Kier alpha value is -2.75. The summed E-state index contributed by atoms with van der Waals surface area (Å²) in [7, 11) is 1.70. The molecule has 0 saturated carbocycles. The Balaban J connectivity index is 1.95. The first kappa shape index (κ1) is 12.3. The maximum atomic E-state index is 12.4. The number of anilines is 2. The van der Waals surface area contributed by atoms with Crippen LogP contribution < -0.4 is 10.6 Å². The number of amides is 1. The molecule has 1 amide bonds. The first-order valence-corrected chi connectivity index (χ1v) is 6.27. The molecule has 3 aromatic rings. The third-order valence-electron chi connectivity index (χ3n) is 3.20. The summed E-state index contributed by atoms with van der Waals surface area (Å²) in [5, 5.41) is 0.914. The largest absolute Gasteiger partial charge is 0.451 e. The summed E-state index contributed by atoms with van der Waals surface area (Å²) in [4.78, 5) is 13.9. The van der Waals surface area contributed by atoms with Crippen molar-refractivity contribution in [2.24, 2.45) is 0 Å². The van der Waals surface area contributed by atoms with E-state index in [1.54, 1.807) is 25.2 Å². The molecule has 0 saturated heterocycles. The molecule has 100 valence electrons. The highest BCUT2D eigenvalue weighted by atomic mass is 16.3. The second kappa shape index (κ2) is 4.74. The van der Waals surface area contributed by atoms with E-state index in [1.165, 1.54) is 4.90 Å². The normalized spacial score (nSPS) is 10.7. The number of fused-ring (bicyclic) bond motifs is 1. The highest BCUT2D eigenvalue weighted by Crippen LogP contribution is 2.23. The predicted octanol–water partition coefficient (Wildman–Crippen LogP) is 3.29. The van der Waals surface area contributed by atoms with Gasteiger partial charge in [0.1, 0.15) is 5.58 Å². The molecule has 4 heteroatoms. The van der Waals surface area contributed by atoms with Gasteiger partial charge in [0.2, 0.25) is 0 Å². The average molecular weight is 266 g/mol. The Morgan fingerprint density at radius 2 is 1.90 bits per heavy atom. The molecule has 4 nitrogen and oxygen atoms in total. The van der Waals surface area contributed by atoms with Crippen molar-refractivity contribution in [1.82, 2.24) is 0 Å². The van der Waals surface area contributed by atoms with E-state index in [0.717, 1.165) is 11.1 Å². The Morgan fingerprint density at radius 3 is 2.65 bits per heavy atom. The Kier molecular flexibility index (Phi) is 2.91. The van der Waals surface area contributed by atoms with Crippen molar-refractivity contribution >= 4 is 28.3 Å². The van der Waals surface area contributed by atoms with Gasteiger partial charge in [0.15, 0.2) is 5.76 Å². The third-order valence-corrected chi connectivity index (χ3v) is 3.20. The van der Waals surface area contributed by atoms with Gasteiger partial charge in [-0.1, -0.05) is 24.3 Å². The van der Waals surface area contributed by atoms with Crippen LogP contribution in [-0.4, -0.2) is 13.0 Å². The first-order valence-electron chi connectivity index (χ1n) is 6.27. The molecule has 1 aromatic heterocycles. The van der Waals surface area contributed by atoms with E-state index in [1.807, 2.05) is 36.4 Å². The lowest BCUT2D eigenvalue weighted by Gasteiger charge is -2.16. The van der Waals surface area contributed by atoms with E-state index in [-0.39, 0.29) is 5.91 Å². The van der Waals surface area contributed by atoms with Crippen LogP contribution in [0.5, 0.6) is 0 Å². The minimum Gasteiger partial charge on any atom is -0.451 e. The zero-order valence-electron chi connectivity index (χ0n) is 11.0. The van der Waals surface area contributed by atoms with Crippen LogP contribution in [0.15, 0.2) is 59.0 Å². The first-order chi connectivity index (χ1) is 9.65. The third kappa shape index (κ3) is 2.12. The number of nitrogen functional groups attached to an aromatic ring is 1. The molecule has 3 rings (SSSR count). The van der Waals surface area contributed by atoms with Crippen LogP contribution in [0.1, 0.15) is 10.6 Å². The molecular formula is C16H14N2O2. The number of rotatable bonds is 2. The monoisotopic (exact) mass is 266 g/mol. The summed E-state index contributed by atoms with van der Waals surface area (Å²) in [6, 6.07) is 16.5. The van der Waals surface area contributed by atoms with Gasteiger partial charge in [-0.15, -0.1) is 0 Å². The maximum Gasteiger partial charge on any atom is 0.293 e. The van der Waals surface area contributed by atoms with Gasteiger partial charge in [0.05, 0.1) is 0 Å². The summed E-state index contributed by atoms with van der Waals surface area (Å²) in [5.41, 5.74) is 7.79. The molecular weight excluding hydrogens is 252 g/mol. The predicted molar refractivity (Wildman–Crippen MR) is 79.8 cm³/mol. The van der Waals surface area contributed by atoms with Gasteiger partial charge in [0.25, 0.3) is 5.91 Å². The number of carbonyl (C=O) groups is 1. The number of nitrogens with two attached hydrogens (primary N) is 1. The molecule has 0 aliphatic carbocycles. The van der Waals surface area contributed by atoms with E-state index in [0.29, 0.717) is 17.0 Å². The van der Waals surface area contributed by atoms with E-state index >= 15 is 0 Å². The van der Waals surface area contributed by atoms with Crippen molar-refractivity contribution in [1.29, 1.82) is 0 Å². The molecule has 0 aliphatic rings. The molecule has 1 heterocycles. The van der Waals surface area contributed by atoms with E-state index in [2.05, 4.69) is 0 Å². The molecule has 0 fully saturated rings. The Labute approximate surface area is 116 Å². The number of carbonyl (C=O) groups excluding carboxylic acids is 1. The quantitative estimate of drug-likeness (QED) is 0.724. The number of nitrogens with zero attached hydrogens (tertiary/aromatic N) is 1. The minimum absolute atomic E-state index is 0.202. The number of hydrogen-bond acceptors (Lipinski definition) is 3. The van der Waals surface area contributed by atoms with E-state index < -0.39 is 0 Å². The summed E-state index contributed by atoms with van der Waals surface area (Å²) >= 11 is 0. The second-order valence-electron chi connectivity index (χ2n) is 4.61. The maximum absolute atomic E-state index is 12.4. The van der Waals surface area contributed by atoms with Crippen LogP contribution in [-0.2, 0) is 0 Å². The van der Waals surface area contributed by atoms with Crippen LogP contribution in [0.25, 0.3) is 11.0 Å². The lowest BCUT2D eigenvalue weighted by molar-refractivity contribution is 0.0968. The molecule has 0 spiro atoms. The van der Waals surface area contributed by atoms with Crippen molar-refractivity contribution < 1.29 is 9.21 Å². The molecule has 0 unspecified atom stereocenters. The van der Waals surface area contributed by atoms with Crippen molar-refractivity contribution in [2.75, 3.05) is 17.7 Å². The van der Waals surface area contributed by atoms with Gasteiger partial charge < -0.3 is 15.1 Å². The van der Waals surface area contributed by atoms with Gasteiger partial charge in [-0.3, -0.25) is 4.79 Å². The second-order valence-corrected chi connectivity index (χ2v) is 4.61. The molecule has 0 radical (unpaired) electrons. The fourth-order valence-corrected chi connectivity index (χ4v) is 2.10. The SMILES string of the molecule is CN(C(=O)c1cc2ccccc2o1)c1cccc(N)c1. The van der Waals surface area contributed by atoms with Crippen LogP contribution >= 0.6 is 0 Å². The number of para-hydroxylation sites is 1. The van der Waals surface area contributed by atoms with Crippen LogP contribution in [0, 0.1) is 0 Å². The number of hydrogen-bond donors (Lipinski definition) is 1. The van der Waals surface area contributed by atoms with Gasteiger partial charge in [0, 0.05) is 23.8 Å². The summed E-state index contributed by atoms with van der Waals surface area (Å²) in [5.74, 6) is 0.114. The Morgan fingerprint density at radius 1 is 1.10 bits per heavy atom. The summed E-state index contributed by atoms with van der Waals surface area (Å²) in [6.07, 6.45) is 0. The lowest BCUT2D eigenvalue weighted by atomic mass is 10.2. The van der Waals surface area contributed by atoms with Crippen LogP contribution in [0.3, 0.4) is 0 Å². The van der Waals surface area contributed by atoms with Crippen molar-refractivity contribution in [2.45, 2.75) is 0 Å². The van der Waals surface area contributed by atoms with Gasteiger partial charge in [-0.2, -0.15) is 0 Å². The smallest absolute Gasteiger partial charge is 0.293 e. The minimum atomic E-state index is -0.202. The topological polar surface area (TPSA) is 59.5 Å². The van der Waals surface area contributed by atoms with Crippen LogP contribution in [0.4, 0.5) is 11.4 Å². The van der Waals surface area contributed by atoms with Gasteiger partial charge >= 0.3 is 0 Å². The highest BCUT2D eigenvalue weighted by Gasteiger charge is 2.18. The molecule has 2 N–H and O–H groups in total. The average Bonchev–Trinajstić information content (AvgIpc) is 2.89. The van der Waals surface area contributed by atoms with Crippen molar-refractivity contribution in [3.05, 3.63) is 60.4 Å². The fourth-order valence-electron chi connectivity index (χ4n) is 2.10. The molecule has 2 aromatic carbocycles. The highest BCUT2D eigenvalue weighted by molar-refractivity contribution is 6.06. The zero-order chi connectivity index (χ0) is 14.1. The van der Waals surface area contributed by atoms with E-state index in [9.17, 15) is 4.79 Å². The van der Waals surface area contributed by atoms with E-state index in [4.69, 9.17) is 10.2 Å². The van der Waals surface area contributed by atoms with Crippen molar-refractivity contribution in [3.63, 3.8) is 0 Å². The van der Waals surface area contributed by atoms with Gasteiger partial charge in [-0.05, 0) is 30.3 Å². The van der Waals surface area contributed by atoms with Crippen LogP contribution in [0.2, 0.25) is 0 Å². The van der Waals surface area contributed by atoms with Crippen molar-refractivity contribution in [3.8, 4) is 0 Å². The summed E-state index contributed by atoms with van der Waals surface area (Å²) < 4.78 is 5.58. The van der Waals surface area contributed by atoms with Gasteiger partial charge in [-0.25, -0.2) is 0 Å². The Bertz CT molecular complexity index is 744. The summed E-state index contributed by atoms with van der Waals surface area (Å²) in [6.45, 7) is 0. The lowest BCUT2D eigenvalue weighted by Crippen LogP contribution is -2.25. The molecule has 0 bridgehead atoms. The molecule has 0 atom stereocenters. The number of furan rings is 1. The fraction of sp³-hybridized carbons (Fsp3) is 0.0625. The number of benzene rings is 2. The zero-order valence-corrected chi connectivity index (χ0v) is 11.0. The standard InChI is InChI=1S/C16H14N2O2/c1-18(13-7-4-6-12(17)10-13)16(19)15-9-11-5-2-3-8-14(11)20-15/h2-10H,17H2,1H3. The molecule has 0 aliphatic heterocycles.